The first-order valence-electron chi connectivity index (χ1n) is 8.63. The molecule has 0 N–H and O–H groups in total. The largest absolute Gasteiger partial charge is 0.494 e. The van der Waals surface area contributed by atoms with Gasteiger partial charge >= 0.3 is 0 Å². The second-order valence-electron chi connectivity index (χ2n) is 6.06. The fourth-order valence-corrected chi connectivity index (χ4v) is 4.35. The van der Waals surface area contributed by atoms with Crippen molar-refractivity contribution >= 4 is 38.7 Å². The number of nitrogens with zero attached hydrogens (tertiary/aromatic N) is 2. The highest BCUT2D eigenvalue weighted by Crippen LogP contribution is 2.39. The number of halogens is 1. The van der Waals surface area contributed by atoms with Gasteiger partial charge in [-0.15, -0.1) is 11.3 Å². The molecular formula is C21H19BrN2OS. The van der Waals surface area contributed by atoms with Gasteiger partial charge in [0.2, 0.25) is 0 Å². The van der Waals surface area contributed by atoms with Crippen molar-refractivity contribution in [3.8, 4) is 5.75 Å². The summed E-state index contributed by atoms with van der Waals surface area (Å²) in [6.45, 7) is 2.67. The number of hydrazone groups is 1. The Hall–Kier alpha value is -2.11. The Kier molecular flexibility index (Phi) is 5.09. The number of hydrogen-bond donors (Lipinski definition) is 0. The molecule has 1 aliphatic heterocycles. The van der Waals surface area contributed by atoms with E-state index in [-0.39, 0.29) is 6.04 Å². The van der Waals surface area contributed by atoms with Gasteiger partial charge in [0, 0.05) is 15.8 Å². The van der Waals surface area contributed by atoms with E-state index in [2.05, 4.69) is 68.8 Å². The predicted octanol–water partition coefficient (Wildman–Crippen LogP) is 6.27. The molecule has 0 saturated carbocycles. The fourth-order valence-electron chi connectivity index (χ4n) is 3.15. The second kappa shape index (κ2) is 7.64. The van der Waals surface area contributed by atoms with Crippen molar-refractivity contribution in [3.63, 3.8) is 0 Å². The molecule has 3 nitrogen and oxygen atoms in total. The smallest absolute Gasteiger partial charge is 0.119 e. The van der Waals surface area contributed by atoms with Crippen LogP contribution in [-0.2, 0) is 0 Å². The Labute approximate surface area is 166 Å². The molecule has 5 heteroatoms. The molecule has 0 amide bonds. The molecule has 0 fully saturated rings. The quantitative estimate of drug-likeness (QED) is 0.480. The zero-order valence-corrected chi connectivity index (χ0v) is 16.8. The number of hydrogen-bond acceptors (Lipinski definition) is 4. The summed E-state index contributed by atoms with van der Waals surface area (Å²) in [5.41, 5.74) is 3.35. The number of anilines is 1. The highest BCUT2D eigenvalue weighted by Gasteiger charge is 2.30. The summed E-state index contributed by atoms with van der Waals surface area (Å²) in [5.74, 6) is 0.897. The molecule has 2 aromatic carbocycles. The molecule has 0 spiro atoms. The molecule has 0 bridgehead atoms. The Balaban J connectivity index is 1.68. The van der Waals surface area contributed by atoms with Crippen LogP contribution in [0.1, 0.15) is 29.8 Å². The first-order chi connectivity index (χ1) is 12.7. The van der Waals surface area contributed by atoms with Gasteiger partial charge in [-0.3, -0.25) is 5.01 Å². The van der Waals surface area contributed by atoms with Crippen LogP contribution >= 0.6 is 27.3 Å². The Morgan fingerprint density at radius 2 is 2.00 bits per heavy atom. The first kappa shape index (κ1) is 17.3. The molecule has 1 aromatic heterocycles. The minimum absolute atomic E-state index is 0.228. The van der Waals surface area contributed by atoms with Crippen LogP contribution in [0, 0.1) is 0 Å². The van der Waals surface area contributed by atoms with Gasteiger partial charge < -0.3 is 4.74 Å². The van der Waals surface area contributed by atoms with Gasteiger partial charge in [0.15, 0.2) is 0 Å². The van der Waals surface area contributed by atoms with Crippen molar-refractivity contribution in [1.82, 2.24) is 0 Å². The Morgan fingerprint density at radius 1 is 1.15 bits per heavy atom. The third kappa shape index (κ3) is 3.55. The molecular weight excluding hydrogens is 408 g/mol. The van der Waals surface area contributed by atoms with Crippen molar-refractivity contribution in [2.24, 2.45) is 5.10 Å². The summed E-state index contributed by atoms with van der Waals surface area (Å²) in [6, 6.07) is 21.1. The van der Waals surface area contributed by atoms with E-state index in [1.54, 1.807) is 11.3 Å². The van der Waals surface area contributed by atoms with E-state index in [9.17, 15) is 0 Å². The number of rotatable bonds is 5. The highest BCUT2D eigenvalue weighted by molar-refractivity contribution is 9.10. The van der Waals surface area contributed by atoms with E-state index in [4.69, 9.17) is 9.84 Å². The van der Waals surface area contributed by atoms with E-state index in [0.717, 1.165) is 33.6 Å². The fraction of sp³-hybridized carbons (Fsp3) is 0.190. The van der Waals surface area contributed by atoms with Crippen molar-refractivity contribution in [2.45, 2.75) is 19.4 Å². The summed E-state index contributed by atoms with van der Waals surface area (Å²) in [4.78, 5) is 1.33. The average molecular weight is 427 g/mol. The lowest BCUT2D eigenvalue weighted by atomic mass is 10.0. The van der Waals surface area contributed by atoms with Gasteiger partial charge in [0.25, 0.3) is 0 Å². The number of thiophene rings is 1. The second-order valence-corrected chi connectivity index (χ2v) is 7.96. The van der Waals surface area contributed by atoms with E-state index >= 15 is 0 Å². The molecule has 0 aliphatic carbocycles. The molecule has 1 unspecified atom stereocenters. The highest BCUT2D eigenvalue weighted by atomic mass is 79.9. The summed E-state index contributed by atoms with van der Waals surface area (Å²) >= 11 is 5.36. The molecule has 1 atom stereocenters. The third-order valence-electron chi connectivity index (χ3n) is 4.35. The van der Waals surface area contributed by atoms with E-state index in [1.807, 2.05) is 25.1 Å². The monoisotopic (exact) mass is 426 g/mol. The average Bonchev–Trinajstić information content (AvgIpc) is 3.32. The maximum absolute atomic E-state index is 5.55. The van der Waals surface area contributed by atoms with Crippen molar-refractivity contribution in [1.29, 1.82) is 0 Å². The summed E-state index contributed by atoms with van der Waals surface area (Å²) in [7, 11) is 0. The zero-order valence-electron chi connectivity index (χ0n) is 14.4. The third-order valence-corrected chi connectivity index (χ3v) is 5.82. The number of ether oxygens (including phenoxy) is 1. The predicted molar refractivity (Wildman–Crippen MR) is 112 cm³/mol. The lowest BCUT2D eigenvalue weighted by Gasteiger charge is -2.22. The van der Waals surface area contributed by atoms with Crippen molar-refractivity contribution in [2.75, 3.05) is 11.6 Å². The van der Waals surface area contributed by atoms with Gasteiger partial charge in [-0.05, 0) is 66.4 Å². The summed E-state index contributed by atoms with van der Waals surface area (Å²) in [6.07, 6.45) is 0.890. The maximum Gasteiger partial charge on any atom is 0.119 e. The van der Waals surface area contributed by atoms with Crippen LogP contribution in [0.15, 0.2) is 75.6 Å². The van der Waals surface area contributed by atoms with E-state index in [1.165, 1.54) is 4.88 Å². The van der Waals surface area contributed by atoms with Gasteiger partial charge in [-0.1, -0.05) is 28.1 Å². The van der Waals surface area contributed by atoms with Gasteiger partial charge in [-0.25, -0.2) is 0 Å². The molecule has 4 rings (SSSR count). The molecule has 3 aromatic rings. The van der Waals surface area contributed by atoms with E-state index in [0.29, 0.717) is 6.61 Å². The molecule has 0 radical (unpaired) electrons. The first-order valence-corrected chi connectivity index (χ1v) is 10.3. The summed E-state index contributed by atoms with van der Waals surface area (Å²) in [5, 5.41) is 9.25. The molecule has 2 heterocycles. The number of benzene rings is 2. The van der Waals surface area contributed by atoms with Crippen LogP contribution in [0.2, 0.25) is 0 Å². The Morgan fingerprint density at radius 3 is 2.69 bits per heavy atom. The molecule has 1 aliphatic rings. The Bertz CT molecular complexity index is 906. The lowest BCUT2D eigenvalue weighted by molar-refractivity contribution is 0.340. The van der Waals surface area contributed by atoms with Gasteiger partial charge in [-0.2, -0.15) is 5.10 Å². The van der Waals surface area contributed by atoms with Crippen LogP contribution < -0.4 is 9.75 Å². The van der Waals surface area contributed by atoms with Gasteiger partial charge in [0.05, 0.1) is 24.0 Å². The van der Waals surface area contributed by atoms with Crippen molar-refractivity contribution < 1.29 is 4.74 Å². The SMILES string of the molecule is CCOc1ccc(C2=NN(c3cccc(Br)c3)C(c3cccs3)C2)cc1. The van der Waals surface area contributed by atoms with Crippen LogP contribution in [0.5, 0.6) is 5.75 Å². The van der Waals surface area contributed by atoms with E-state index < -0.39 is 0 Å². The van der Waals surface area contributed by atoms with Crippen LogP contribution in [0.3, 0.4) is 0 Å². The van der Waals surface area contributed by atoms with Crippen LogP contribution in [-0.4, -0.2) is 12.3 Å². The maximum atomic E-state index is 5.55. The molecule has 0 saturated heterocycles. The normalized spacial score (nSPS) is 16.6. The zero-order chi connectivity index (χ0) is 17.9. The molecule has 132 valence electrons. The summed E-state index contributed by atoms with van der Waals surface area (Å²) < 4.78 is 6.61. The topological polar surface area (TPSA) is 24.8 Å². The lowest BCUT2D eigenvalue weighted by Crippen LogP contribution is -2.17. The molecule has 26 heavy (non-hydrogen) atoms. The standard InChI is InChI=1S/C21H19BrN2OS/c1-2-25-18-10-8-15(9-11-18)19-14-20(21-7-4-12-26-21)24(23-19)17-6-3-5-16(22)13-17/h3-13,20H,2,14H2,1H3. The minimum Gasteiger partial charge on any atom is -0.494 e. The van der Waals surface area contributed by atoms with Crippen LogP contribution in [0.25, 0.3) is 0 Å². The van der Waals surface area contributed by atoms with Gasteiger partial charge in [0.1, 0.15) is 5.75 Å². The van der Waals surface area contributed by atoms with Crippen LogP contribution in [0.4, 0.5) is 5.69 Å². The minimum atomic E-state index is 0.228. The van der Waals surface area contributed by atoms with Crippen molar-refractivity contribution in [3.05, 3.63) is 81.0 Å².